The number of benzene rings is 2. The van der Waals surface area contributed by atoms with Crippen LogP contribution in [-0.4, -0.2) is 44.4 Å². The first-order valence-corrected chi connectivity index (χ1v) is 11.7. The summed E-state index contributed by atoms with van der Waals surface area (Å²) in [6.07, 6.45) is -0.644. The molecule has 0 spiro atoms. The molecule has 1 amide bonds. The third-order valence-corrected chi connectivity index (χ3v) is 7.36. The Kier molecular flexibility index (Phi) is 6.94. The van der Waals surface area contributed by atoms with Gasteiger partial charge in [-0.15, -0.1) is 0 Å². The first-order valence-electron chi connectivity index (χ1n) is 8.43. The number of likely N-dealkylation sites (N-methyl/N-ethyl adjacent to an activating group) is 1. The lowest BCUT2D eigenvalue weighted by Gasteiger charge is -2.22. The summed E-state index contributed by atoms with van der Waals surface area (Å²) in [5.74, 6) is -1.05. The lowest BCUT2D eigenvalue weighted by atomic mass is 10.2. The van der Waals surface area contributed by atoms with Crippen LogP contribution in [0, 0.1) is 9.39 Å². The topological polar surface area (TPSA) is 75.7 Å². The van der Waals surface area contributed by atoms with Gasteiger partial charge in [0.1, 0.15) is 12.1 Å². The van der Waals surface area contributed by atoms with Crippen molar-refractivity contribution in [3.63, 3.8) is 0 Å². The number of ether oxygens (including phenoxy) is 1. The van der Waals surface area contributed by atoms with Crippen LogP contribution in [-0.2, 0) is 14.8 Å². The van der Waals surface area contributed by atoms with E-state index in [0.717, 1.165) is 4.31 Å². The number of amides is 1. The molecule has 1 saturated heterocycles. The second-order valence-corrected chi connectivity index (χ2v) is 10.4. The standard InChI is InChI=1S/C18H16Cl2FIN2O4S/c1-23-18(25)16-8-13(28-17-3-2-12(22)7-15(17)21)9-24(16)29(26,27)14-5-10(19)4-11(20)6-14/h2-7,13,16H,8-9H2,1H3,(H,23,25)/t13-,16+/m1/s1. The molecule has 1 fully saturated rings. The van der Waals surface area contributed by atoms with E-state index in [1.807, 2.05) is 22.6 Å². The molecule has 1 aliphatic heterocycles. The number of hydrogen-bond donors (Lipinski definition) is 1. The van der Waals surface area contributed by atoms with Crippen LogP contribution in [0.25, 0.3) is 0 Å². The highest BCUT2D eigenvalue weighted by Crippen LogP contribution is 2.32. The number of nitrogens with one attached hydrogen (secondary N) is 1. The average Bonchev–Trinajstić information content (AvgIpc) is 3.07. The molecule has 156 valence electrons. The lowest BCUT2D eigenvalue weighted by molar-refractivity contribution is -0.123. The molecule has 0 aliphatic carbocycles. The summed E-state index contributed by atoms with van der Waals surface area (Å²) in [5, 5.41) is 2.77. The van der Waals surface area contributed by atoms with Gasteiger partial charge in [0.2, 0.25) is 15.9 Å². The van der Waals surface area contributed by atoms with Crippen LogP contribution in [0.3, 0.4) is 0 Å². The van der Waals surface area contributed by atoms with E-state index in [2.05, 4.69) is 5.32 Å². The Bertz CT molecular complexity index is 1030. The maximum Gasteiger partial charge on any atom is 0.244 e. The minimum Gasteiger partial charge on any atom is -0.486 e. The number of rotatable bonds is 5. The molecule has 0 aromatic heterocycles. The fourth-order valence-electron chi connectivity index (χ4n) is 3.09. The zero-order chi connectivity index (χ0) is 21.3. The van der Waals surface area contributed by atoms with Crippen molar-refractivity contribution >= 4 is 61.7 Å². The van der Waals surface area contributed by atoms with Crippen molar-refractivity contribution in [2.45, 2.75) is 23.5 Å². The van der Waals surface area contributed by atoms with Gasteiger partial charge in [-0.1, -0.05) is 23.2 Å². The molecule has 6 nitrogen and oxygen atoms in total. The first kappa shape index (κ1) is 22.5. The number of halogens is 4. The van der Waals surface area contributed by atoms with Gasteiger partial charge in [0.15, 0.2) is 11.6 Å². The van der Waals surface area contributed by atoms with Gasteiger partial charge >= 0.3 is 0 Å². The Morgan fingerprint density at radius 3 is 2.48 bits per heavy atom. The van der Waals surface area contributed by atoms with Crippen LogP contribution in [0.1, 0.15) is 6.42 Å². The van der Waals surface area contributed by atoms with E-state index >= 15 is 0 Å². The number of carbonyl (C=O) groups is 1. The number of hydrogen-bond acceptors (Lipinski definition) is 4. The molecular formula is C18H16Cl2FIN2O4S. The van der Waals surface area contributed by atoms with Crippen molar-refractivity contribution < 1.29 is 22.3 Å². The highest BCUT2D eigenvalue weighted by Gasteiger charge is 2.45. The number of carbonyl (C=O) groups excluding carboxylic acids is 1. The van der Waals surface area contributed by atoms with Gasteiger partial charge in [0.25, 0.3) is 0 Å². The van der Waals surface area contributed by atoms with Gasteiger partial charge < -0.3 is 10.1 Å². The van der Waals surface area contributed by atoms with Gasteiger partial charge in [0, 0.05) is 27.1 Å². The monoisotopic (exact) mass is 572 g/mol. The molecule has 0 unspecified atom stereocenters. The fourth-order valence-corrected chi connectivity index (χ4v) is 5.90. The second kappa shape index (κ2) is 8.93. The Balaban J connectivity index is 1.92. The molecule has 3 rings (SSSR count). The molecule has 0 radical (unpaired) electrons. The van der Waals surface area contributed by atoms with Crippen molar-refractivity contribution in [1.29, 1.82) is 0 Å². The van der Waals surface area contributed by atoms with E-state index in [0.29, 0.717) is 3.57 Å². The van der Waals surface area contributed by atoms with Crippen LogP contribution < -0.4 is 10.1 Å². The predicted molar refractivity (Wildman–Crippen MR) is 116 cm³/mol. The summed E-state index contributed by atoms with van der Waals surface area (Å²) in [5.41, 5.74) is 0. The summed E-state index contributed by atoms with van der Waals surface area (Å²) in [6, 6.07) is 7.37. The van der Waals surface area contributed by atoms with E-state index in [1.165, 1.54) is 37.4 Å². The summed E-state index contributed by atoms with van der Waals surface area (Å²) < 4.78 is 47.9. The average molecular weight is 573 g/mol. The molecule has 2 aromatic carbocycles. The fraction of sp³-hybridized carbons (Fsp3) is 0.278. The molecule has 29 heavy (non-hydrogen) atoms. The maximum absolute atomic E-state index is 14.1. The Morgan fingerprint density at radius 2 is 1.90 bits per heavy atom. The van der Waals surface area contributed by atoms with Gasteiger partial charge in [-0.25, -0.2) is 12.8 Å². The zero-order valence-corrected chi connectivity index (χ0v) is 19.5. The summed E-state index contributed by atoms with van der Waals surface area (Å²) in [4.78, 5) is 12.2. The lowest BCUT2D eigenvalue weighted by Crippen LogP contribution is -2.44. The zero-order valence-electron chi connectivity index (χ0n) is 15.0. The highest BCUT2D eigenvalue weighted by molar-refractivity contribution is 14.1. The Hall–Kier alpha value is -1.14. The third-order valence-electron chi connectivity index (χ3n) is 4.40. The largest absolute Gasteiger partial charge is 0.486 e. The van der Waals surface area contributed by atoms with Gasteiger partial charge in [-0.05, 0) is 59.0 Å². The van der Waals surface area contributed by atoms with Crippen molar-refractivity contribution in [3.05, 3.63) is 55.8 Å². The minimum atomic E-state index is -4.10. The maximum atomic E-state index is 14.1. The molecule has 1 aliphatic rings. The van der Waals surface area contributed by atoms with E-state index in [-0.39, 0.29) is 33.7 Å². The molecule has 0 bridgehead atoms. The number of sulfonamides is 1. The van der Waals surface area contributed by atoms with Crippen molar-refractivity contribution in [2.24, 2.45) is 0 Å². The van der Waals surface area contributed by atoms with Crippen molar-refractivity contribution in [2.75, 3.05) is 13.6 Å². The van der Waals surface area contributed by atoms with Gasteiger partial charge in [0.05, 0.1) is 11.4 Å². The molecule has 2 atom stereocenters. The SMILES string of the molecule is CNC(=O)[C@@H]1C[C@@H](Oc2ccc(I)cc2F)CN1S(=O)(=O)c1cc(Cl)cc(Cl)c1. The van der Waals surface area contributed by atoms with Crippen LogP contribution in [0.2, 0.25) is 10.0 Å². The van der Waals surface area contributed by atoms with E-state index in [1.54, 1.807) is 6.07 Å². The van der Waals surface area contributed by atoms with Crippen LogP contribution in [0.5, 0.6) is 5.75 Å². The summed E-state index contributed by atoms with van der Waals surface area (Å²) in [6.45, 7) is -0.129. The summed E-state index contributed by atoms with van der Waals surface area (Å²) in [7, 11) is -2.69. The van der Waals surface area contributed by atoms with Crippen molar-refractivity contribution in [1.82, 2.24) is 9.62 Å². The predicted octanol–water partition coefficient (Wildman–Crippen LogP) is 3.69. The van der Waals surface area contributed by atoms with Gasteiger partial charge in [-0.2, -0.15) is 4.31 Å². The smallest absolute Gasteiger partial charge is 0.244 e. The molecule has 11 heteroatoms. The Morgan fingerprint density at radius 1 is 1.24 bits per heavy atom. The van der Waals surface area contributed by atoms with E-state index < -0.39 is 33.9 Å². The third kappa shape index (κ3) is 4.96. The number of nitrogens with zero attached hydrogens (tertiary/aromatic N) is 1. The Labute approximate surface area is 191 Å². The minimum absolute atomic E-state index is 0.00359. The normalized spacial score (nSPS) is 19.9. The van der Waals surface area contributed by atoms with Gasteiger partial charge in [-0.3, -0.25) is 4.79 Å². The van der Waals surface area contributed by atoms with E-state index in [9.17, 15) is 17.6 Å². The molecule has 0 saturated carbocycles. The van der Waals surface area contributed by atoms with Crippen molar-refractivity contribution in [3.8, 4) is 5.75 Å². The second-order valence-electron chi connectivity index (χ2n) is 6.36. The van der Waals surface area contributed by atoms with E-state index in [4.69, 9.17) is 27.9 Å². The van der Waals surface area contributed by atoms with Crippen LogP contribution in [0.4, 0.5) is 4.39 Å². The summed E-state index contributed by atoms with van der Waals surface area (Å²) >= 11 is 13.9. The molecular weight excluding hydrogens is 557 g/mol. The molecule has 2 aromatic rings. The highest BCUT2D eigenvalue weighted by atomic mass is 127. The first-order chi connectivity index (χ1) is 13.6. The van der Waals surface area contributed by atoms with Crippen LogP contribution in [0.15, 0.2) is 41.3 Å². The quantitative estimate of drug-likeness (QED) is 0.555. The molecule has 1 heterocycles. The molecule has 1 N–H and O–H groups in total. The van der Waals surface area contributed by atoms with Crippen LogP contribution >= 0.6 is 45.8 Å².